The molecule has 0 saturated heterocycles. The Morgan fingerprint density at radius 1 is 0.958 bits per heavy atom. The summed E-state index contributed by atoms with van der Waals surface area (Å²) in [6.07, 6.45) is 1.89. The summed E-state index contributed by atoms with van der Waals surface area (Å²) in [5.41, 5.74) is 7.50. The van der Waals surface area contributed by atoms with Crippen LogP contribution in [-0.4, -0.2) is 11.8 Å². The predicted octanol–water partition coefficient (Wildman–Crippen LogP) is 4.18. The van der Waals surface area contributed by atoms with Crippen molar-refractivity contribution in [1.82, 2.24) is 0 Å². The molecule has 0 aromatic heterocycles. The Balaban J connectivity index is 1.67. The number of anilines is 3. The molecule has 1 aliphatic carbocycles. The fourth-order valence-corrected chi connectivity index (χ4v) is 2.64. The van der Waals surface area contributed by atoms with Crippen molar-refractivity contribution in [3.8, 4) is 0 Å². The van der Waals surface area contributed by atoms with Gasteiger partial charge in [0.25, 0.3) is 5.91 Å². The van der Waals surface area contributed by atoms with Crippen molar-refractivity contribution in [3.05, 3.63) is 52.0 Å². The molecule has 2 amide bonds. The van der Waals surface area contributed by atoms with E-state index in [2.05, 4.69) is 10.6 Å². The van der Waals surface area contributed by atoms with Gasteiger partial charge in [-0.2, -0.15) is 0 Å². The van der Waals surface area contributed by atoms with Gasteiger partial charge in [-0.25, -0.2) is 0 Å². The first-order chi connectivity index (χ1) is 11.4. The number of hydrogen-bond acceptors (Lipinski definition) is 3. The van der Waals surface area contributed by atoms with Gasteiger partial charge in [-0.3, -0.25) is 9.59 Å². The molecule has 0 radical (unpaired) electrons. The lowest BCUT2D eigenvalue weighted by Crippen LogP contribution is -2.14. The summed E-state index contributed by atoms with van der Waals surface area (Å²) >= 11 is 11.9. The third-order valence-electron chi connectivity index (χ3n) is 3.70. The van der Waals surface area contributed by atoms with Crippen LogP contribution in [0.2, 0.25) is 10.0 Å². The Labute approximate surface area is 149 Å². The van der Waals surface area contributed by atoms with Crippen molar-refractivity contribution < 1.29 is 9.59 Å². The van der Waals surface area contributed by atoms with Crippen LogP contribution in [0.1, 0.15) is 23.2 Å². The summed E-state index contributed by atoms with van der Waals surface area (Å²) in [4.78, 5) is 24.0. The standard InChI is InChI=1S/C17H15Cl2N3O2/c18-13-7-12(8-14(19)15(13)20)22-17(24)10-3-5-11(6-4-10)21-16(23)9-1-2-9/h3-9H,1-2,20H2,(H,21,23)(H,22,24). The SMILES string of the molecule is Nc1c(Cl)cc(NC(=O)c2ccc(NC(=O)C3CC3)cc2)cc1Cl. The molecular formula is C17H15Cl2N3O2. The second-order valence-electron chi connectivity index (χ2n) is 5.65. The highest BCUT2D eigenvalue weighted by Crippen LogP contribution is 2.31. The third kappa shape index (κ3) is 3.80. The maximum Gasteiger partial charge on any atom is 0.255 e. The van der Waals surface area contributed by atoms with Crippen molar-refractivity contribution in [1.29, 1.82) is 0 Å². The van der Waals surface area contributed by atoms with Crippen LogP contribution >= 0.6 is 23.2 Å². The zero-order chi connectivity index (χ0) is 17.3. The van der Waals surface area contributed by atoms with Crippen molar-refractivity contribution in [2.45, 2.75) is 12.8 Å². The highest BCUT2D eigenvalue weighted by atomic mass is 35.5. The number of nitrogens with two attached hydrogens (primary N) is 1. The molecule has 5 nitrogen and oxygen atoms in total. The summed E-state index contributed by atoms with van der Waals surface area (Å²) in [6.45, 7) is 0. The van der Waals surface area contributed by atoms with Gasteiger partial charge in [-0.1, -0.05) is 23.2 Å². The molecule has 24 heavy (non-hydrogen) atoms. The van der Waals surface area contributed by atoms with Crippen molar-refractivity contribution in [3.63, 3.8) is 0 Å². The van der Waals surface area contributed by atoms with E-state index >= 15 is 0 Å². The molecule has 0 aliphatic heterocycles. The molecule has 0 spiro atoms. The first-order valence-corrected chi connectivity index (χ1v) is 8.16. The lowest BCUT2D eigenvalue weighted by molar-refractivity contribution is -0.117. The average molecular weight is 364 g/mol. The van der Waals surface area contributed by atoms with Crippen LogP contribution in [0.25, 0.3) is 0 Å². The van der Waals surface area contributed by atoms with Gasteiger partial charge in [-0.05, 0) is 49.2 Å². The Bertz CT molecular complexity index is 779. The molecule has 2 aromatic rings. The van der Waals surface area contributed by atoms with Gasteiger partial charge in [0.2, 0.25) is 5.91 Å². The van der Waals surface area contributed by atoms with E-state index in [-0.39, 0.29) is 33.5 Å². The van der Waals surface area contributed by atoms with Crippen LogP contribution in [-0.2, 0) is 4.79 Å². The van der Waals surface area contributed by atoms with Gasteiger partial charge in [0.15, 0.2) is 0 Å². The van der Waals surface area contributed by atoms with E-state index in [1.807, 2.05) is 0 Å². The molecule has 2 aromatic carbocycles. The molecule has 0 atom stereocenters. The predicted molar refractivity (Wildman–Crippen MR) is 96.6 cm³/mol. The lowest BCUT2D eigenvalue weighted by Gasteiger charge is -2.09. The van der Waals surface area contributed by atoms with Gasteiger partial charge < -0.3 is 16.4 Å². The quantitative estimate of drug-likeness (QED) is 0.712. The second-order valence-corrected chi connectivity index (χ2v) is 6.46. The highest BCUT2D eigenvalue weighted by Gasteiger charge is 2.29. The molecule has 1 saturated carbocycles. The largest absolute Gasteiger partial charge is 0.396 e. The van der Waals surface area contributed by atoms with Crippen LogP contribution < -0.4 is 16.4 Å². The van der Waals surface area contributed by atoms with Crippen LogP contribution in [0, 0.1) is 5.92 Å². The Hall–Kier alpha value is -2.24. The van der Waals surface area contributed by atoms with E-state index in [1.165, 1.54) is 12.1 Å². The highest BCUT2D eigenvalue weighted by molar-refractivity contribution is 6.39. The molecule has 7 heteroatoms. The summed E-state index contributed by atoms with van der Waals surface area (Å²) < 4.78 is 0. The summed E-state index contributed by atoms with van der Waals surface area (Å²) in [5, 5.41) is 6.07. The minimum atomic E-state index is -0.313. The number of rotatable bonds is 4. The number of carbonyl (C=O) groups excluding carboxylic acids is 2. The number of amides is 2. The van der Waals surface area contributed by atoms with Crippen LogP contribution in [0.5, 0.6) is 0 Å². The van der Waals surface area contributed by atoms with E-state index < -0.39 is 0 Å². The van der Waals surface area contributed by atoms with Gasteiger partial charge in [-0.15, -0.1) is 0 Å². The summed E-state index contributed by atoms with van der Waals surface area (Å²) in [6, 6.07) is 9.72. The molecular weight excluding hydrogens is 349 g/mol. The topological polar surface area (TPSA) is 84.2 Å². The molecule has 3 rings (SSSR count). The maximum absolute atomic E-state index is 12.3. The van der Waals surface area contributed by atoms with Crippen LogP contribution in [0.4, 0.5) is 17.1 Å². The van der Waals surface area contributed by atoms with Gasteiger partial charge in [0, 0.05) is 22.9 Å². The van der Waals surface area contributed by atoms with Crippen molar-refractivity contribution >= 4 is 52.1 Å². The minimum Gasteiger partial charge on any atom is -0.396 e. The zero-order valence-corrected chi connectivity index (χ0v) is 14.1. The molecule has 0 heterocycles. The maximum atomic E-state index is 12.3. The first kappa shape index (κ1) is 16.6. The van der Waals surface area contributed by atoms with Crippen molar-refractivity contribution in [2.24, 2.45) is 5.92 Å². The normalized spacial score (nSPS) is 13.4. The lowest BCUT2D eigenvalue weighted by atomic mass is 10.2. The Kier molecular flexibility index (Phi) is 4.64. The molecule has 1 aliphatic rings. The van der Waals surface area contributed by atoms with Crippen LogP contribution in [0.3, 0.4) is 0 Å². The van der Waals surface area contributed by atoms with Crippen LogP contribution in [0.15, 0.2) is 36.4 Å². The van der Waals surface area contributed by atoms with Gasteiger partial charge >= 0.3 is 0 Å². The second kappa shape index (κ2) is 6.71. The van der Waals surface area contributed by atoms with E-state index in [1.54, 1.807) is 24.3 Å². The third-order valence-corrected chi connectivity index (χ3v) is 4.33. The smallest absolute Gasteiger partial charge is 0.255 e. The molecule has 124 valence electrons. The minimum absolute atomic E-state index is 0.0263. The van der Waals surface area contributed by atoms with Gasteiger partial charge in [0.1, 0.15) is 0 Å². The number of nitrogens with one attached hydrogen (secondary N) is 2. The number of hydrogen-bond donors (Lipinski definition) is 3. The number of nitrogen functional groups attached to an aromatic ring is 1. The fourth-order valence-electron chi connectivity index (χ4n) is 2.15. The molecule has 1 fully saturated rings. The number of halogens is 2. The molecule has 0 bridgehead atoms. The zero-order valence-electron chi connectivity index (χ0n) is 12.6. The van der Waals surface area contributed by atoms with E-state index in [0.29, 0.717) is 16.9 Å². The van der Waals surface area contributed by atoms with E-state index in [0.717, 1.165) is 12.8 Å². The van der Waals surface area contributed by atoms with Gasteiger partial charge in [0.05, 0.1) is 15.7 Å². The summed E-state index contributed by atoms with van der Waals surface area (Å²) in [5.74, 6) is -0.154. The Morgan fingerprint density at radius 3 is 2.08 bits per heavy atom. The number of carbonyl (C=O) groups is 2. The summed E-state index contributed by atoms with van der Waals surface area (Å²) in [7, 11) is 0. The molecule has 4 N–H and O–H groups in total. The fraction of sp³-hybridized carbons (Fsp3) is 0.176. The van der Waals surface area contributed by atoms with E-state index in [9.17, 15) is 9.59 Å². The number of benzene rings is 2. The average Bonchev–Trinajstić information content (AvgIpc) is 3.38. The van der Waals surface area contributed by atoms with E-state index in [4.69, 9.17) is 28.9 Å². The monoisotopic (exact) mass is 363 g/mol. The Morgan fingerprint density at radius 2 is 1.54 bits per heavy atom. The molecule has 0 unspecified atom stereocenters. The van der Waals surface area contributed by atoms with Crippen molar-refractivity contribution in [2.75, 3.05) is 16.4 Å². The first-order valence-electron chi connectivity index (χ1n) is 7.41.